The molecule has 1 atom stereocenters. The van der Waals surface area contributed by atoms with E-state index in [4.69, 9.17) is 5.11 Å². The summed E-state index contributed by atoms with van der Waals surface area (Å²) in [5, 5.41) is 19.3. The molecular formula is C13H16N4O3. The zero-order valence-corrected chi connectivity index (χ0v) is 11.3. The number of benzene rings is 1. The van der Waals surface area contributed by atoms with Crippen molar-refractivity contribution < 1.29 is 14.7 Å². The van der Waals surface area contributed by atoms with Crippen LogP contribution in [-0.4, -0.2) is 38.0 Å². The summed E-state index contributed by atoms with van der Waals surface area (Å²) in [5.41, 5.74) is 1.95. The summed E-state index contributed by atoms with van der Waals surface area (Å²) >= 11 is 0. The van der Waals surface area contributed by atoms with Crippen LogP contribution in [0.25, 0.3) is 11.0 Å². The Balaban J connectivity index is 2.16. The fourth-order valence-corrected chi connectivity index (χ4v) is 1.97. The van der Waals surface area contributed by atoms with Crippen molar-refractivity contribution in [1.29, 1.82) is 0 Å². The van der Waals surface area contributed by atoms with E-state index >= 15 is 0 Å². The van der Waals surface area contributed by atoms with Crippen molar-refractivity contribution in [2.75, 3.05) is 0 Å². The maximum Gasteiger partial charge on any atom is 0.305 e. The number of nitrogens with zero attached hydrogens (tertiary/aromatic N) is 3. The molecule has 1 aromatic heterocycles. The zero-order chi connectivity index (χ0) is 14.7. The number of aromatic nitrogens is 3. The molecule has 7 nitrogen and oxygen atoms in total. The maximum absolute atomic E-state index is 12.0. The molecule has 7 heteroatoms. The molecule has 2 aromatic rings. The summed E-state index contributed by atoms with van der Waals surface area (Å²) in [6.45, 7) is 4.32. The third kappa shape index (κ3) is 2.93. The maximum atomic E-state index is 12.0. The molecule has 1 heterocycles. The summed E-state index contributed by atoms with van der Waals surface area (Å²) in [5.74, 6) is -1.26. The normalized spacial score (nSPS) is 12.3. The van der Waals surface area contributed by atoms with Crippen molar-refractivity contribution in [2.45, 2.75) is 32.9 Å². The molecule has 0 spiro atoms. The van der Waals surface area contributed by atoms with Crippen molar-refractivity contribution >= 4 is 22.9 Å². The number of hydrogen-bond acceptors (Lipinski definition) is 4. The van der Waals surface area contributed by atoms with Gasteiger partial charge in [0.1, 0.15) is 5.52 Å². The van der Waals surface area contributed by atoms with Crippen LogP contribution in [0.2, 0.25) is 0 Å². The van der Waals surface area contributed by atoms with Crippen molar-refractivity contribution in [1.82, 2.24) is 20.3 Å². The molecule has 1 amide bonds. The first-order valence-electron chi connectivity index (χ1n) is 6.37. The monoisotopic (exact) mass is 276 g/mol. The van der Waals surface area contributed by atoms with Gasteiger partial charge in [-0.1, -0.05) is 5.21 Å². The van der Waals surface area contributed by atoms with Gasteiger partial charge in [0.25, 0.3) is 5.91 Å². The molecule has 2 rings (SSSR count). The molecule has 1 aromatic carbocycles. The van der Waals surface area contributed by atoms with Gasteiger partial charge in [-0.05, 0) is 32.0 Å². The van der Waals surface area contributed by atoms with E-state index in [-0.39, 0.29) is 12.3 Å². The van der Waals surface area contributed by atoms with E-state index in [0.29, 0.717) is 17.6 Å². The highest BCUT2D eigenvalue weighted by Gasteiger charge is 2.14. The summed E-state index contributed by atoms with van der Waals surface area (Å²) in [7, 11) is 0. The lowest BCUT2D eigenvalue weighted by atomic mass is 10.1. The second-order valence-electron chi connectivity index (χ2n) is 4.58. The first-order valence-corrected chi connectivity index (χ1v) is 6.37. The Labute approximate surface area is 115 Å². The number of fused-ring (bicyclic) bond motifs is 1. The van der Waals surface area contributed by atoms with Crippen LogP contribution >= 0.6 is 0 Å². The topological polar surface area (TPSA) is 97.1 Å². The molecular weight excluding hydrogens is 260 g/mol. The Hall–Kier alpha value is -2.44. The molecule has 0 bridgehead atoms. The fourth-order valence-electron chi connectivity index (χ4n) is 1.97. The van der Waals surface area contributed by atoms with E-state index in [0.717, 1.165) is 5.52 Å². The molecule has 1 unspecified atom stereocenters. The van der Waals surface area contributed by atoms with Crippen LogP contribution in [0.15, 0.2) is 18.2 Å². The van der Waals surface area contributed by atoms with Crippen LogP contribution in [0.3, 0.4) is 0 Å². The average Bonchev–Trinajstić information content (AvgIpc) is 2.79. The predicted molar refractivity (Wildman–Crippen MR) is 72.4 cm³/mol. The molecule has 0 fully saturated rings. The molecule has 0 aliphatic carbocycles. The summed E-state index contributed by atoms with van der Waals surface area (Å²) < 4.78 is 1.74. The van der Waals surface area contributed by atoms with Gasteiger partial charge in [-0.15, -0.1) is 5.10 Å². The molecule has 0 aliphatic rings. The molecule has 0 saturated carbocycles. The quantitative estimate of drug-likeness (QED) is 0.850. The Kier molecular flexibility index (Phi) is 3.97. The number of rotatable bonds is 5. The zero-order valence-electron chi connectivity index (χ0n) is 11.3. The van der Waals surface area contributed by atoms with Gasteiger partial charge < -0.3 is 10.4 Å². The number of aryl methyl sites for hydroxylation is 1. The standard InChI is InChI=1S/C13H16N4O3/c1-3-17-11-5-4-9(7-10(11)15-16-17)13(20)14-8(2)6-12(18)19/h4-5,7-8H,3,6H2,1-2H3,(H,14,20)(H,18,19). The minimum absolute atomic E-state index is 0.111. The number of aliphatic carboxylic acids is 1. The lowest BCUT2D eigenvalue weighted by Gasteiger charge is -2.11. The Bertz CT molecular complexity index is 650. The fraction of sp³-hybridized carbons (Fsp3) is 0.385. The lowest BCUT2D eigenvalue weighted by molar-refractivity contribution is -0.137. The highest BCUT2D eigenvalue weighted by Crippen LogP contribution is 2.13. The highest BCUT2D eigenvalue weighted by molar-refractivity contribution is 5.97. The highest BCUT2D eigenvalue weighted by atomic mass is 16.4. The van der Waals surface area contributed by atoms with Gasteiger partial charge in [0.2, 0.25) is 0 Å². The summed E-state index contributed by atoms with van der Waals surface area (Å²) in [6, 6.07) is 4.69. The van der Waals surface area contributed by atoms with Crippen LogP contribution in [0.5, 0.6) is 0 Å². The first kappa shape index (κ1) is 14.0. The molecule has 0 radical (unpaired) electrons. The third-order valence-electron chi connectivity index (χ3n) is 2.93. The van der Waals surface area contributed by atoms with Gasteiger partial charge in [0.15, 0.2) is 0 Å². The second kappa shape index (κ2) is 5.68. The largest absolute Gasteiger partial charge is 0.481 e. The van der Waals surface area contributed by atoms with Gasteiger partial charge in [0.05, 0.1) is 11.9 Å². The van der Waals surface area contributed by atoms with Crippen molar-refractivity contribution in [2.24, 2.45) is 0 Å². The minimum atomic E-state index is -0.945. The number of carbonyl (C=O) groups is 2. The van der Waals surface area contributed by atoms with E-state index in [2.05, 4.69) is 15.6 Å². The van der Waals surface area contributed by atoms with Gasteiger partial charge in [-0.3, -0.25) is 9.59 Å². The van der Waals surface area contributed by atoms with Crippen molar-refractivity contribution in [3.8, 4) is 0 Å². The second-order valence-corrected chi connectivity index (χ2v) is 4.58. The number of nitrogens with one attached hydrogen (secondary N) is 1. The first-order chi connectivity index (χ1) is 9.51. The van der Waals surface area contributed by atoms with E-state index in [1.807, 2.05) is 6.92 Å². The van der Waals surface area contributed by atoms with Crippen LogP contribution < -0.4 is 5.32 Å². The molecule has 2 N–H and O–H groups in total. The molecule has 0 aliphatic heterocycles. The summed E-state index contributed by atoms with van der Waals surface area (Å²) in [4.78, 5) is 22.6. The van der Waals surface area contributed by atoms with E-state index in [9.17, 15) is 9.59 Å². The smallest absolute Gasteiger partial charge is 0.305 e. The van der Waals surface area contributed by atoms with Gasteiger partial charge in [-0.2, -0.15) is 0 Å². The number of carboxylic acids is 1. The minimum Gasteiger partial charge on any atom is -0.481 e. The number of hydrogen-bond donors (Lipinski definition) is 2. The third-order valence-corrected chi connectivity index (χ3v) is 2.93. The lowest BCUT2D eigenvalue weighted by Crippen LogP contribution is -2.34. The molecule has 20 heavy (non-hydrogen) atoms. The Morgan fingerprint density at radius 3 is 2.85 bits per heavy atom. The van der Waals surface area contributed by atoms with Gasteiger partial charge in [0, 0.05) is 18.2 Å². The van der Waals surface area contributed by atoms with Crippen molar-refractivity contribution in [3.05, 3.63) is 23.8 Å². The van der Waals surface area contributed by atoms with Crippen LogP contribution in [-0.2, 0) is 11.3 Å². The van der Waals surface area contributed by atoms with Crippen molar-refractivity contribution in [3.63, 3.8) is 0 Å². The Morgan fingerprint density at radius 2 is 2.20 bits per heavy atom. The average molecular weight is 276 g/mol. The van der Waals surface area contributed by atoms with Gasteiger partial charge >= 0.3 is 5.97 Å². The van der Waals surface area contributed by atoms with E-state index in [1.54, 1.807) is 29.8 Å². The SMILES string of the molecule is CCn1nnc2cc(C(=O)NC(C)CC(=O)O)ccc21. The number of carboxylic acid groups (broad SMARTS) is 1. The van der Waals surface area contributed by atoms with Crippen LogP contribution in [0, 0.1) is 0 Å². The number of carbonyl (C=O) groups excluding carboxylic acids is 1. The van der Waals surface area contributed by atoms with E-state index in [1.165, 1.54) is 0 Å². The predicted octanol–water partition coefficient (Wildman–Crippen LogP) is 1.04. The van der Waals surface area contributed by atoms with Crippen LogP contribution in [0.1, 0.15) is 30.6 Å². The van der Waals surface area contributed by atoms with Gasteiger partial charge in [-0.25, -0.2) is 4.68 Å². The summed E-state index contributed by atoms with van der Waals surface area (Å²) in [6.07, 6.45) is -0.111. The van der Waals surface area contributed by atoms with Crippen LogP contribution in [0.4, 0.5) is 0 Å². The Morgan fingerprint density at radius 1 is 1.45 bits per heavy atom. The number of amides is 1. The molecule has 106 valence electrons. The molecule has 0 saturated heterocycles. The van der Waals surface area contributed by atoms with E-state index < -0.39 is 12.0 Å².